The molecule has 64 heavy (non-hydrogen) atoms. The van der Waals surface area contributed by atoms with Crippen LogP contribution in [0.2, 0.25) is 0 Å². The lowest BCUT2D eigenvalue weighted by atomic mass is 10.0. The molecular weight excluding hydrogens is 793 g/mol. The average molecular weight is 891 g/mol. The van der Waals surface area contributed by atoms with Gasteiger partial charge in [0, 0.05) is 19.3 Å². The molecule has 6 heteroatoms. The minimum absolute atomic E-state index is 0.0749. The highest BCUT2D eigenvalue weighted by Gasteiger charge is 2.19. The fourth-order valence-electron chi connectivity index (χ4n) is 7.19. The maximum absolute atomic E-state index is 12.5. The van der Waals surface area contributed by atoms with Crippen molar-refractivity contribution in [2.24, 2.45) is 0 Å². The zero-order valence-electron chi connectivity index (χ0n) is 41.8. The molecule has 0 bridgehead atoms. The van der Waals surface area contributed by atoms with Crippen molar-refractivity contribution in [3.05, 3.63) is 85.1 Å². The largest absolute Gasteiger partial charge is 0.462 e. The third-order valence-corrected chi connectivity index (χ3v) is 11.2. The maximum Gasteiger partial charge on any atom is 0.306 e. The van der Waals surface area contributed by atoms with Crippen molar-refractivity contribution in [1.29, 1.82) is 0 Å². The van der Waals surface area contributed by atoms with Crippen LogP contribution in [-0.2, 0) is 28.6 Å². The van der Waals surface area contributed by atoms with Crippen LogP contribution in [-0.4, -0.2) is 37.2 Å². The summed E-state index contributed by atoms with van der Waals surface area (Å²) < 4.78 is 16.5. The molecule has 0 heterocycles. The molecule has 0 aliphatic heterocycles. The molecule has 0 rings (SSSR count). The third kappa shape index (κ3) is 49.6. The quantitative estimate of drug-likeness (QED) is 0.0262. The van der Waals surface area contributed by atoms with Crippen molar-refractivity contribution in [1.82, 2.24) is 0 Å². The summed E-state index contributed by atoms with van der Waals surface area (Å²) in [6.45, 7) is 6.37. The predicted octanol–water partition coefficient (Wildman–Crippen LogP) is 17.6. The van der Waals surface area contributed by atoms with Crippen LogP contribution in [0.1, 0.15) is 245 Å². The van der Waals surface area contributed by atoms with Gasteiger partial charge in [-0.2, -0.15) is 0 Å². The van der Waals surface area contributed by atoms with Gasteiger partial charge in [-0.05, 0) is 77.0 Å². The van der Waals surface area contributed by atoms with Crippen LogP contribution < -0.4 is 0 Å². The third-order valence-electron chi connectivity index (χ3n) is 11.2. The van der Waals surface area contributed by atoms with Gasteiger partial charge in [0.2, 0.25) is 0 Å². The van der Waals surface area contributed by atoms with Gasteiger partial charge in [-0.15, -0.1) is 0 Å². The van der Waals surface area contributed by atoms with Crippen LogP contribution >= 0.6 is 0 Å². The van der Waals surface area contributed by atoms with Gasteiger partial charge in [-0.3, -0.25) is 14.4 Å². The molecule has 6 nitrogen and oxygen atoms in total. The summed E-state index contributed by atoms with van der Waals surface area (Å²) in [6.07, 6.45) is 68.0. The van der Waals surface area contributed by atoms with E-state index >= 15 is 0 Å². The number of allylic oxidation sites excluding steroid dienone is 14. The Hall–Kier alpha value is -3.41. The van der Waals surface area contributed by atoms with Crippen LogP contribution in [0.15, 0.2) is 85.1 Å². The van der Waals surface area contributed by atoms with Crippen LogP contribution in [0, 0.1) is 0 Å². The first-order valence-corrected chi connectivity index (χ1v) is 26.6. The van der Waals surface area contributed by atoms with E-state index in [9.17, 15) is 14.4 Å². The smallest absolute Gasteiger partial charge is 0.306 e. The van der Waals surface area contributed by atoms with Gasteiger partial charge in [-0.25, -0.2) is 0 Å². The molecule has 366 valence electrons. The van der Waals surface area contributed by atoms with Crippen LogP contribution in [0.4, 0.5) is 0 Å². The van der Waals surface area contributed by atoms with Crippen molar-refractivity contribution >= 4 is 17.9 Å². The second-order valence-electron chi connectivity index (χ2n) is 17.4. The standard InChI is InChI=1S/C58H98O6/c1-4-7-10-13-15-16-17-18-19-20-21-22-23-24-25-26-27-28-29-30-31-32-33-34-35-36-37-38-39-40-41-42-43-46-48-51-57(60)63-54-55(53-62-56(59)50-47-44-12-9-6-3)64-58(61)52-49-45-14-11-8-5-2/h7,10,15-16,18-19,21-22,24-25,27-28,30-31,55H,4-6,8-9,11-14,17,20,23,26,29,32-54H2,1-3H3/b10-7-,16-15-,19-18-,22-21-,25-24-,28-27-,31-30-. The zero-order chi connectivity index (χ0) is 46.5. The molecular formula is C58H98O6. The van der Waals surface area contributed by atoms with E-state index in [2.05, 4.69) is 106 Å². The zero-order valence-corrected chi connectivity index (χ0v) is 41.8. The van der Waals surface area contributed by atoms with Gasteiger partial charge >= 0.3 is 17.9 Å². The molecule has 0 saturated carbocycles. The van der Waals surface area contributed by atoms with E-state index in [4.69, 9.17) is 14.2 Å². The van der Waals surface area contributed by atoms with Crippen LogP contribution in [0.3, 0.4) is 0 Å². The Bertz CT molecular complexity index is 1250. The monoisotopic (exact) mass is 891 g/mol. The molecule has 0 aromatic carbocycles. The summed E-state index contributed by atoms with van der Waals surface area (Å²) in [7, 11) is 0. The molecule has 1 atom stereocenters. The van der Waals surface area contributed by atoms with E-state index in [1.165, 1.54) is 96.3 Å². The fraction of sp³-hybridized carbons (Fsp3) is 0.707. The van der Waals surface area contributed by atoms with Crippen molar-refractivity contribution in [2.75, 3.05) is 13.2 Å². The normalized spacial score (nSPS) is 12.7. The first-order chi connectivity index (χ1) is 31.5. The van der Waals surface area contributed by atoms with Gasteiger partial charge in [0.15, 0.2) is 6.10 Å². The van der Waals surface area contributed by atoms with Crippen LogP contribution in [0.5, 0.6) is 0 Å². The summed E-state index contributed by atoms with van der Waals surface area (Å²) >= 11 is 0. The number of esters is 3. The van der Waals surface area contributed by atoms with Crippen molar-refractivity contribution in [3.63, 3.8) is 0 Å². The summed E-state index contributed by atoms with van der Waals surface area (Å²) in [4.78, 5) is 37.3. The highest BCUT2D eigenvalue weighted by atomic mass is 16.6. The summed E-state index contributed by atoms with van der Waals surface area (Å²) in [5.74, 6) is -0.902. The molecule has 0 aromatic rings. The number of carbonyl (C=O) groups is 3. The van der Waals surface area contributed by atoms with Crippen molar-refractivity contribution in [2.45, 2.75) is 252 Å². The molecule has 0 amide bonds. The second kappa shape index (κ2) is 52.2. The summed E-state index contributed by atoms with van der Waals surface area (Å²) in [5.41, 5.74) is 0. The molecule has 0 aliphatic rings. The Labute approximate surface area is 395 Å². The van der Waals surface area contributed by atoms with E-state index in [0.717, 1.165) is 109 Å². The number of unbranched alkanes of at least 4 members (excludes halogenated alkanes) is 22. The highest BCUT2D eigenvalue weighted by molar-refractivity contribution is 5.71. The second-order valence-corrected chi connectivity index (χ2v) is 17.4. The fourth-order valence-corrected chi connectivity index (χ4v) is 7.19. The number of ether oxygens (including phenoxy) is 3. The number of carbonyl (C=O) groups excluding carboxylic acids is 3. The first kappa shape index (κ1) is 60.6. The Morgan fingerprint density at radius 2 is 0.609 bits per heavy atom. The SMILES string of the molecule is CC/C=C\C/C=C\C/C=C\C/C=C\C/C=C\C/C=C\C/C=C\CCCCCCCCCCCCCCCC(=O)OCC(COC(=O)CCCCCCC)OC(=O)CCCCCCCC. The van der Waals surface area contributed by atoms with Gasteiger partial charge in [-0.1, -0.05) is 234 Å². The summed E-state index contributed by atoms with van der Waals surface area (Å²) in [6, 6.07) is 0. The van der Waals surface area contributed by atoms with E-state index in [0.29, 0.717) is 19.3 Å². The van der Waals surface area contributed by atoms with Gasteiger partial charge in [0.25, 0.3) is 0 Å². The summed E-state index contributed by atoms with van der Waals surface area (Å²) in [5, 5.41) is 0. The molecule has 0 N–H and O–H groups in total. The van der Waals surface area contributed by atoms with Crippen molar-refractivity contribution in [3.8, 4) is 0 Å². The number of hydrogen-bond donors (Lipinski definition) is 0. The number of hydrogen-bond acceptors (Lipinski definition) is 6. The molecule has 0 radical (unpaired) electrons. The average Bonchev–Trinajstić information content (AvgIpc) is 3.29. The minimum Gasteiger partial charge on any atom is -0.462 e. The highest BCUT2D eigenvalue weighted by Crippen LogP contribution is 2.15. The molecule has 0 fully saturated rings. The number of rotatable bonds is 47. The Kier molecular flexibility index (Phi) is 49.4. The van der Waals surface area contributed by atoms with E-state index in [-0.39, 0.29) is 31.1 Å². The molecule has 0 aliphatic carbocycles. The lowest BCUT2D eigenvalue weighted by Crippen LogP contribution is -2.30. The first-order valence-electron chi connectivity index (χ1n) is 26.6. The minimum atomic E-state index is -0.765. The van der Waals surface area contributed by atoms with Gasteiger partial charge in [0.05, 0.1) is 0 Å². The topological polar surface area (TPSA) is 78.9 Å². The van der Waals surface area contributed by atoms with Gasteiger partial charge in [0.1, 0.15) is 13.2 Å². The lowest BCUT2D eigenvalue weighted by molar-refractivity contribution is -0.167. The molecule has 0 spiro atoms. The van der Waals surface area contributed by atoms with Gasteiger partial charge < -0.3 is 14.2 Å². The molecule has 0 aromatic heterocycles. The Morgan fingerprint density at radius 3 is 0.953 bits per heavy atom. The van der Waals surface area contributed by atoms with E-state index < -0.39 is 6.10 Å². The Morgan fingerprint density at radius 1 is 0.328 bits per heavy atom. The van der Waals surface area contributed by atoms with Crippen LogP contribution in [0.25, 0.3) is 0 Å². The Balaban J connectivity index is 3.83. The maximum atomic E-state index is 12.5. The molecule has 1 unspecified atom stereocenters. The van der Waals surface area contributed by atoms with E-state index in [1.54, 1.807) is 0 Å². The van der Waals surface area contributed by atoms with E-state index in [1.807, 2.05) is 0 Å². The predicted molar refractivity (Wildman–Crippen MR) is 274 cm³/mol. The molecule has 0 saturated heterocycles. The van der Waals surface area contributed by atoms with Crippen molar-refractivity contribution < 1.29 is 28.6 Å². The lowest BCUT2D eigenvalue weighted by Gasteiger charge is -2.18.